The number of nitrogens with two attached hydrogens (primary N) is 1. The van der Waals surface area contributed by atoms with Crippen LogP contribution in [0.1, 0.15) is 51.9 Å². The lowest BCUT2D eigenvalue weighted by Crippen LogP contribution is -2.43. The second-order valence-corrected chi connectivity index (χ2v) is 5.54. The maximum Gasteiger partial charge on any atom is 0.315 e. The maximum absolute atomic E-state index is 11.6. The Morgan fingerprint density at radius 1 is 1.24 bits per heavy atom. The molecule has 1 aliphatic carbocycles. The maximum atomic E-state index is 11.6. The molecule has 0 aromatic carbocycles. The van der Waals surface area contributed by atoms with Gasteiger partial charge in [0.1, 0.15) is 0 Å². The van der Waals surface area contributed by atoms with Crippen molar-refractivity contribution < 1.29 is 9.59 Å². The predicted octanol–water partition coefficient (Wildman–Crippen LogP) is 1.28. The van der Waals surface area contributed by atoms with Crippen molar-refractivity contribution in [3.05, 3.63) is 0 Å². The Hall–Kier alpha value is -1.01. The van der Waals surface area contributed by atoms with E-state index in [1.165, 1.54) is 19.3 Å². The fourth-order valence-corrected chi connectivity index (χ4v) is 2.34. The molecule has 0 radical (unpaired) electrons. The first-order chi connectivity index (χ1) is 9.61. The highest BCUT2D eigenvalue weighted by atomic mass is 35.5. The van der Waals surface area contributed by atoms with Crippen LogP contribution in [-0.4, -0.2) is 37.1 Å². The molecule has 3 amide bonds. The van der Waals surface area contributed by atoms with Crippen LogP contribution in [0.3, 0.4) is 0 Å². The number of rotatable bonds is 7. The highest BCUT2D eigenvalue weighted by molar-refractivity contribution is 5.85. The van der Waals surface area contributed by atoms with Gasteiger partial charge in [-0.3, -0.25) is 4.79 Å². The summed E-state index contributed by atoms with van der Waals surface area (Å²) in [7, 11) is 0. The predicted molar refractivity (Wildman–Crippen MR) is 86.5 cm³/mol. The smallest absolute Gasteiger partial charge is 0.315 e. The molecule has 5 N–H and O–H groups in total. The molecule has 0 saturated heterocycles. The molecule has 1 fully saturated rings. The van der Waals surface area contributed by atoms with E-state index in [1.807, 2.05) is 6.92 Å². The molecule has 0 aromatic rings. The third kappa shape index (κ3) is 9.52. The Balaban J connectivity index is 0.00000400. The van der Waals surface area contributed by atoms with Gasteiger partial charge in [-0.05, 0) is 26.2 Å². The highest BCUT2D eigenvalue weighted by Gasteiger charge is 2.15. The van der Waals surface area contributed by atoms with Gasteiger partial charge in [-0.2, -0.15) is 0 Å². The van der Waals surface area contributed by atoms with Crippen LogP contribution in [0.15, 0.2) is 0 Å². The first kappa shape index (κ1) is 20.0. The standard InChI is InChI=1S/C14H28N4O2.ClH/c1-11(10-15)17-13(19)8-5-9-16-14(20)18-12-6-3-2-4-7-12;/h11-12H,2-10,15H2,1H3,(H,17,19)(H2,16,18,20);1H/t11-;/m0./s1. The summed E-state index contributed by atoms with van der Waals surface area (Å²) in [6, 6.07) is 0.204. The van der Waals surface area contributed by atoms with Crippen molar-refractivity contribution in [2.75, 3.05) is 13.1 Å². The van der Waals surface area contributed by atoms with E-state index in [9.17, 15) is 9.59 Å². The van der Waals surface area contributed by atoms with Gasteiger partial charge < -0.3 is 21.7 Å². The van der Waals surface area contributed by atoms with Crippen LogP contribution in [0.25, 0.3) is 0 Å². The number of urea groups is 1. The Morgan fingerprint density at radius 2 is 1.90 bits per heavy atom. The molecule has 0 heterocycles. The van der Waals surface area contributed by atoms with E-state index in [0.717, 1.165) is 12.8 Å². The summed E-state index contributed by atoms with van der Waals surface area (Å²) >= 11 is 0. The minimum Gasteiger partial charge on any atom is -0.352 e. The molecule has 0 aliphatic heterocycles. The van der Waals surface area contributed by atoms with Crippen LogP contribution in [0, 0.1) is 0 Å². The molecule has 1 saturated carbocycles. The number of carbonyl (C=O) groups is 2. The Kier molecular flexibility index (Phi) is 11.1. The second-order valence-electron chi connectivity index (χ2n) is 5.54. The zero-order chi connectivity index (χ0) is 14.8. The molecule has 1 aliphatic rings. The van der Waals surface area contributed by atoms with Gasteiger partial charge in [0.05, 0.1) is 0 Å². The average Bonchev–Trinajstić information content (AvgIpc) is 2.44. The van der Waals surface area contributed by atoms with Crippen LogP contribution >= 0.6 is 12.4 Å². The van der Waals surface area contributed by atoms with Crippen molar-refractivity contribution in [1.82, 2.24) is 16.0 Å². The van der Waals surface area contributed by atoms with E-state index >= 15 is 0 Å². The number of amides is 3. The molecule has 7 heteroatoms. The molecule has 1 rings (SSSR count). The second kappa shape index (κ2) is 11.6. The summed E-state index contributed by atoms with van der Waals surface area (Å²) in [5.41, 5.74) is 5.42. The molecule has 0 bridgehead atoms. The van der Waals surface area contributed by atoms with Crippen molar-refractivity contribution in [1.29, 1.82) is 0 Å². The third-order valence-corrected chi connectivity index (χ3v) is 3.57. The zero-order valence-corrected chi connectivity index (χ0v) is 13.6. The van der Waals surface area contributed by atoms with Crippen molar-refractivity contribution >= 4 is 24.3 Å². The first-order valence-corrected chi connectivity index (χ1v) is 7.65. The number of halogens is 1. The fraction of sp³-hybridized carbons (Fsp3) is 0.857. The van der Waals surface area contributed by atoms with Gasteiger partial charge in [0.2, 0.25) is 5.91 Å². The summed E-state index contributed by atoms with van der Waals surface area (Å²) in [6.45, 7) is 2.82. The van der Waals surface area contributed by atoms with E-state index in [-0.39, 0.29) is 30.4 Å². The monoisotopic (exact) mass is 320 g/mol. The fourth-order valence-electron chi connectivity index (χ4n) is 2.34. The van der Waals surface area contributed by atoms with E-state index in [1.54, 1.807) is 0 Å². The van der Waals surface area contributed by atoms with Gasteiger partial charge in [-0.15, -0.1) is 12.4 Å². The van der Waals surface area contributed by atoms with Gasteiger partial charge in [0.25, 0.3) is 0 Å². The van der Waals surface area contributed by atoms with E-state index in [2.05, 4.69) is 16.0 Å². The van der Waals surface area contributed by atoms with Crippen LogP contribution in [-0.2, 0) is 4.79 Å². The molecular formula is C14H29ClN4O2. The Morgan fingerprint density at radius 3 is 2.52 bits per heavy atom. The number of carbonyl (C=O) groups excluding carboxylic acids is 2. The normalized spacial score (nSPS) is 16.5. The molecule has 0 aromatic heterocycles. The lowest BCUT2D eigenvalue weighted by atomic mass is 9.96. The van der Waals surface area contributed by atoms with Gasteiger partial charge >= 0.3 is 6.03 Å². The molecule has 21 heavy (non-hydrogen) atoms. The number of hydrogen-bond donors (Lipinski definition) is 4. The molecule has 0 spiro atoms. The average molecular weight is 321 g/mol. The largest absolute Gasteiger partial charge is 0.352 e. The van der Waals surface area contributed by atoms with Crippen LogP contribution in [0.2, 0.25) is 0 Å². The van der Waals surface area contributed by atoms with Crippen molar-refractivity contribution in [3.63, 3.8) is 0 Å². The van der Waals surface area contributed by atoms with E-state index in [0.29, 0.717) is 32.0 Å². The third-order valence-electron chi connectivity index (χ3n) is 3.57. The first-order valence-electron chi connectivity index (χ1n) is 7.65. The van der Waals surface area contributed by atoms with E-state index in [4.69, 9.17) is 5.73 Å². The van der Waals surface area contributed by atoms with Gasteiger partial charge in [0, 0.05) is 31.6 Å². The quantitative estimate of drug-likeness (QED) is 0.532. The van der Waals surface area contributed by atoms with Crippen molar-refractivity contribution in [3.8, 4) is 0 Å². The van der Waals surface area contributed by atoms with Crippen molar-refractivity contribution in [2.24, 2.45) is 5.73 Å². The molecular weight excluding hydrogens is 292 g/mol. The van der Waals surface area contributed by atoms with Gasteiger partial charge in [-0.25, -0.2) is 4.79 Å². The topological polar surface area (TPSA) is 96.2 Å². The van der Waals surface area contributed by atoms with Crippen LogP contribution in [0.5, 0.6) is 0 Å². The highest BCUT2D eigenvalue weighted by Crippen LogP contribution is 2.17. The Labute approximate surface area is 133 Å². The van der Waals surface area contributed by atoms with E-state index < -0.39 is 0 Å². The summed E-state index contributed by atoms with van der Waals surface area (Å²) in [5, 5.41) is 8.57. The molecule has 0 unspecified atom stereocenters. The van der Waals surface area contributed by atoms with Gasteiger partial charge in [0.15, 0.2) is 0 Å². The van der Waals surface area contributed by atoms with Crippen molar-refractivity contribution in [2.45, 2.75) is 64.0 Å². The number of hydrogen-bond acceptors (Lipinski definition) is 3. The summed E-state index contributed by atoms with van der Waals surface area (Å²) in [6.07, 6.45) is 6.87. The minimum absolute atomic E-state index is 0. The zero-order valence-electron chi connectivity index (χ0n) is 12.8. The molecule has 1 atom stereocenters. The van der Waals surface area contributed by atoms with Crippen LogP contribution in [0.4, 0.5) is 4.79 Å². The molecule has 124 valence electrons. The summed E-state index contributed by atoms with van der Waals surface area (Å²) in [4.78, 5) is 23.1. The molecule has 6 nitrogen and oxygen atoms in total. The van der Waals surface area contributed by atoms with Crippen LogP contribution < -0.4 is 21.7 Å². The lowest BCUT2D eigenvalue weighted by molar-refractivity contribution is -0.121. The summed E-state index contributed by atoms with van der Waals surface area (Å²) in [5.74, 6) is -0.0163. The summed E-state index contributed by atoms with van der Waals surface area (Å²) < 4.78 is 0. The SMILES string of the molecule is C[C@@H](CN)NC(=O)CCCNC(=O)NC1CCCCC1.Cl. The lowest BCUT2D eigenvalue weighted by Gasteiger charge is -2.22. The number of nitrogens with one attached hydrogen (secondary N) is 3. The van der Waals surface area contributed by atoms with Gasteiger partial charge in [-0.1, -0.05) is 19.3 Å². The Bertz CT molecular complexity index is 309. The minimum atomic E-state index is -0.118.